The number of halogens is 1. The Hall–Kier alpha value is -2.38. The molecule has 1 aliphatic heterocycles. The molecule has 0 saturated carbocycles. The van der Waals surface area contributed by atoms with Crippen LogP contribution in [0, 0.1) is 15.9 Å². The first kappa shape index (κ1) is 13.1. The molecule has 0 spiro atoms. The molecule has 0 radical (unpaired) electrons. The molecule has 0 bridgehead atoms. The van der Waals surface area contributed by atoms with Crippen molar-refractivity contribution >= 4 is 11.8 Å². The number of rotatable bonds is 3. The number of ether oxygens (including phenoxy) is 1. The molecule has 8 heteroatoms. The van der Waals surface area contributed by atoms with Crippen molar-refractivity contribution in [2.75, 3.05) is 13.1 Å². The number of carbonyl (C=O) groups is 1. The molecule has 1 saturated heterocycles. The fraction of sp³-hybridized carbons (Fsp3) is 0.364. The summed E-state index contributed by atoms with van der Waals surface area (Å²) in [5.41, 5.74) is -0.274. The zero-order valence-electron chi connectivity index (χ0n) is 9.78. The van der Waals surface area contributed by atoms with Crippen LogP contribution in [0.5, 0.6) is 5.75 Å². The zero-order valence-corrected chi connectivity index (χ0v) is 9.78. The van der Waals surface area contributed by atoms with Crippen LogP contribution in [-0.2, 0) is 0 Å². The predicted molar refractivity (Wildman–Crippen MR) is 61.7 cm³/mol. The molecule has 0 unspecified atom stereocenters. The summed E-state index contributed by atoms with van der Waals surface area (Å²) in [5.74, 6) is -0.939. The number of benzene rings is 1. The lowest BCUT2D eigenvalue weighted by Crippen LogP contribution is -2.29. The van der Waals surface area contributed by atoms with Crippen LogP contribution >= 0.6 is 0 Å². The molecule has 1 aliphatic rings. The van der Waals surface area contributed by atoms with Crippen LogP contribution in [-0.4, -0.2) is 40.2 Å². The summed E-state index contributed by atoms with van der Waals surface area (Å²) >= 11 is 0. The number of nitrogens with zero attached hydrogens (tertiary/aromatic N) is 2. The quantitative estimate of drug-likeness (QED) is 0.668. The molecule has 1 heterocycles. The van der Waals surface area contributed by atoms with Gasteiger partial charge in [0.05, 0.1) is 17.5 Å². The molecule has 0 aromatic heterocycles. The average Bonchev–Trinajstić information content (AvgIpc) is 2.80. The Morgan fingerprint density at radius 3 is 2.89 bits per heavy atom. The van der Waals surface area contributed by atoms with E-state index >= 15 is 0 Å². The van der Waals surface area contributed by atoms with Crippen molar-refractivity contribution in [1.82, 2.24) is 4.90 Å². The van der Waals surface area contributed by atoms with Crippen LogP contribution < -0.4 is 4.74 Å². The Kier molecular flexibility index (Phi) is 3.50. The first-order valence-corrected chi connectivity index (χ1v) is 5.56. The molecule has 1 amide bonds. The molecule has 1 aromatic carbocycles. The lowest BCUT2D eigenvalue weighted by atomic mass is 10.2. The van der Waals surface area contributed by atoms with Gasteiger partial charge in [0.15, 0.2) is 11.6 Å². The summed E-state index contributed by atoms with van der Waals surface area (Å²) in [5, 5.41) is 19.4. The maximum absolute atomic E-state index is 13.5. The van der Waals surface area contributed by atoms with Crippen LogP contribution in [0.15, 0.2) is 18.2 Å². The average molecular weight is 270 g/mol. The van der Waals surface area contributed by atoms with Crippen LogP contribution in [0.2, 0.25) is 0 Å². The Bertz CT molecular complexity index is 522. The lowest BCUT2D eigenvalue weighted by molar-refractivity contribution is -0.385. The third-order valence-electron chi connectivity index (χ3n) is 2.83. The van der Waals surface area contributed by atoms with Gasteiger partial charge in [0.2, 0.25) is 0 Å². The Morgan fingerprint density at radius 1 is 1.58 bits per heavy atom. The van der Waals surface area contributed by atoms with Crippen LogP contribution in [0.25, 0.3) is 0 Å². The number of nitro benzene ring substituents is 1. The smallest absolute Gasteiger partial charge is 0.407 e. The van der Waals surface area contributed by atoms with E-state index in [9.17, 15) is 19.3 Å². The highest BCUT2D eigenvalue weighted by Crippen LogP contribution is 2.26. The third-order valence-corrected chi connectivity index (χ3v) is 2.83. The van der Waals surface area contributed by atoms with Gasteiger partial charge in [-0.25, -0.2) is 9.18 Å². The van der Waals surface area contributed by atoms with E-state index in [-0.39, 0.29) is 18.0 Å². The minimum atomic E-state index is -1.06. The molecule has 1 atom stereocenters. The molecule has 1 N–H and O–H groups in total. The van der Waals surface area contributed by atoms with Gasteiger partial charge >= 0.3 is 6.09 Å². The molecule has 0 aliphatic carbocycles. The van der Waals surface area contributed by atoms with E-state index in [0.717, 1.165) is 23.1 Å². The van der Waals surface area contributed by atoms with Crippen molar-refractivity contribution in [2.45, 2.75) is 12.5 Å². The number of amides is 1. The van der Waals surface area contributed by atoms with Gasteiger partial charge in [0.25, 0.3) is 5.69 Å². The topological polar surface area (TPSA) is 92.9 Å². The van der Waals surface area contributed by atoms with E-state index in [2.05, 4.69) is 0 Å². The second kappa shape index (κ2) is 5.09. The molecule has 19 heavy (non-hydrogen) atoms. The van der Waals surface area contributed by atoms with Gasteiger partial charge in [-0.1, -0.05) is 0 Å². The predicted octanol–water partition coefficient (Wildman–Crippen LogP) is 1.86. The first-order chi connectivity index (χ1) is 8.97. The lowest BCUT2D eigenvalue weighted by Gasteiger charge is -2.14. The summed E-state index contributed by atoms with van der Waals surface area (Å²) < 4.78 is 18.8. The number of carboxylic acid groups (broad SMARTS) is 1. The summed E-state index contributed by atoms with van der Waals surface area (Å²) in [6.07, 6.45) is -1.13. The third kappa shape index (κ3) is 2.90. The molecule has 2 rings (SSSR count). The van der Waals surface area contributed by atoms with Gasteiger partial charge in [-0.2, -0.15) is 0 Å². The summed E-state index contributed by atoms with van der Waals surface area (Å²) in [6, 6.07) is 3.00. The SMILES string of the molecule is O=C(O)N1CC[C@@H](Oc2cc([N+](=O)[O-])ccc2F)C1. The maximum Gasteiger partial charge on any atom is 0.407 e. The number of hydrogen-bond donors (Lipinski definition) is 1. The highest BCUT2D eigenvalue weighted by atomic mass is 19.1. The van der Waals surface area contributed by atoms with Gasteiger partial charge in [0.1, 0.15) is 6.10 Å². The number of nitro groups is 1. The number of hydrogen-bond acceptors (Lipinski definition) is 4. The normalized spacial score (nSPS) is 18.4. The Morgan fingerprint density at radius 2 is 2.32 bits per heavy atom. The van der Waals surface area contributed by atoms with Crippen molar-refractivity contribution in [1.29, 1.82) is 0 Å². The van der Waals surface area contributed by atoms with Gasteiger partial charge < -0.3 is 14.7 Å². The van der Waals surface area contributed by atoms with Gasteiger partial charge in [-0.15, -0.1) is 0 Å². The van der Waals surface area contributed by atoms with Crippen molar-refractivity contribution in [3.05, 3.63) is 34.1 Å². The van der Waals surface area contributed by atoms with Crippen LogP contribution in [0.1, 0.15) is 6.42 Å². The zero-order chi connectivity index (χ0) is 14.0. The first-order valence-electron chi connectivity index (χ1n) is 5.56. The van der Waals surface area contributed by atoms with E-state index < -0.39 is 22.9 Å². The van der Waals surface area contributed by atoms with Crippen molar-refractivity contribution in [2.24, 2.45) is 0 Å². The van der Waals surface area contributed by atoms with Crippen LogP contribution in [0.4, 0.5) is 14.9 Å². The highest BCUT2D eigenvalue weighted by Gasteiger charge is 2.28. The second-order valence-corrected chi connectivity index (χ2v) is 4.13. The Balaban J connectivity index is 2.09. The monoisotopic (exact) mass is 270 g/mol. The van der Waals surface area contributed by atoms with Gasteiger partial charge in [0, 0.05) is 19.0 Å². The van der Waals surface area contributed by atoms with Gasteiger partial charge in [-0.05, 0) is 6.07 Å². The maximum atomic E-state index is 13.5. The Labute approximate surface area is 107 Å². The standard InChI is InChI=1S/C11H11FN2O5/c12-9-2-1-7(14(17)18)5-10(9)19-8-3-4-13(6-8)11(15)16/h1-2,5,8H,3-4,6H2,(H,15,16)/t8-/m1/s1. The molecular weight excluding hydrogens is 259 g/mol. The number of likely N-dealkylation sites (tertiary alicyclic amines) is 1. The van der Waals surface area contributed by atoms with E-state index in [4.69, 9.17) is 9.84 Å². The summed E-state index contributed by atoms with van der Waals surface area (Å²) in [6.45, 7) is 0.425. The molecular formula is C11H11FN2O5. The van der Waals surface area contributed by atoms with E-state index in [1.165, 1.54) is 0 Å². The van der Waals surface area contributed by atoms with E-state index in [1.807, 2.05) is 0 Å². The second-order valence-electron chi connectivity index (χ2n) is 4.13. The summed E-state index contributed by atoms with van der Waals surface area (Å²) in [4.78, 5) is 21.8. The van der Waals surface area contributed by atoms with Gasteiger partial charge in [-0.3, -0.25) is 10.1 Å². The highest BCUT2D eigenvalue weighted by molar-refractivity contribution is 5.65. The summed E-state index contributed by atoms with van der Waals surface area (Å²) in [7, 11) is 0. The minimum Gasteiger partial charge on any atom is -0.485 e. The molecule has 1 fully saturated rings. The largest absolute Gasteiger partial charge is 0.485 e. The number of non-ortho nitro benzene ring substituents is 1. The van der Waals surface area contributed by atoms with Crippen LogP contribution in [0.3, 0.4) is 0 Å². The van der Waals surface area contributed by atoms with Crippen molar-refractivity contribution in [3.63, 3.8) is 0 Å². The minimum absolute atomic E-state index is 0.122. The molecule has 1 aromatic rings. The molecule has 7 nitrogen and oxygen atoms in total. The van der Waals surface area contributed by atoms with E-state index in [1.54, 1.807) is 0 Å². The fourth-order valence-electron chi connectivity index (χ4n) is 1.87. The van der Waals surface area contributed by atoms with Crippen molar-refractivity contribution in [3.8, 4) is 5.75 Å². The molecule has 102 valence electrons. The van der Waals surface area contributed by atoms with Crippen molar-refractivity contribution < 1.29 is 24.0 Å². The fourth-order valence-corrected chi connectivity index (χ4v) is 1.87. The van der Waals surface area contributed by atoms with E-state index in [0.29, 0.717) is 13.0 Å².